The van der Waals surface area contributed by atoms with Gasteiger partial charge in [-0.25, -0.2) is 0 Å². The van der Waals surface area contributed by atoms with Gasteiger partial charge < -0.3 is 4.57 Å². The molecule has 0 radical (unpaired) electrons. The van der Waals surface area contributed by atoms with E-state index >= 15 is 0 Å². The summed E-state index contributed by atoms with van der Waals surface area (Å²) in [6.07, 6.45) is 3.66. The zero-order valence-electron chi connectivity index (χ0n) is 12.6. The molecule has 0 aliphatic rings. The van der Waals surface area contributed by atoms with Crippen molar-refractivity contribution in [3.63, 3.8) is 0 Å². The maximum atomic E-state index is 13.8. The summed E-state index contributed by atoms with van der Waals surface area (Å²) in [6.45, 7) is 7.75. The van der Waals surface area contributed by atoms with Gasteiger partial charge in [-0.3, -0.25) is 0 Å². The maximum absolute atomic E-state index is 13.8. The summed E-state index contributed by atoms with van der Waals surface area (Å²) in [5.74, 6) is 1.85. The van der Waals surface area contributed by atoms with Crippen molar-refractivity contribution in [3.05, 3.63) is 96.2 Å². The third kappa shape index (κ3) is 3.52. The number of benzene rings is 2. The van der Waals surface area contributed by atoms with Crippen LogP contribution in [0.2, 0.25) is 0 Å². The highest BCUT2D eigenvalue weighted by atomic mass is 32.2. The van der Waals surface area contributed by atoms with E-state index in [1.54, 1.807) is 6.08 Å². The molecule has 0 fully saturated rings. The minimum atomic E-state index is -2.86. The van der Waals surface area contributed by atoms with Gasteiger partial charge in [0.15, 0.2) is 7.14 Å². The van der Waals surface area contributed by atoms with Crippen molar-refractivity contribution in [2.75, 3.05) is 6.26 Å². The quantitative estimate of drug-likeness (QED) is 0.552. The van der Waals surface area contributed by atoms with Crippen LogP contribution in [-0.4, -0.2) is 6.26 Å². The second kappa shape index (κ2) is 7.49. The molecule has 112 valence electrons. The van der Waals surface area contributed by atoms with Crippen LogP contribution in [-0.2, 0) is 4.57 Å². The average molecular weight is 326 g/mol. The predicted octanol–water partition coefficient (Wildman–Crippen LogP) is 4.95. The highest BCUT2D eigenvalue weighted by Gasteiger charge is 2.25. The first kappa shape index (κ1) is 16.6. The zero-order chi connectivity index (χ0) is 16.0. The van der Waals surface area contributed by atoms with Crippen molar-refractivity contribution in [1.82, 2.24) is 0 Å². The third-order valence-corrected chi connectivity index (χ3v) is 7.11. The van der Waals surface area contributed by atoms with E-state index in [1.807, 2.05) is 72.7 Å². The van der Waals surface area contributed by atoms with Gasteiger partial charge in [0.1, 0.15) is 0 Å². The maximum Gasteiger partial charge on any atom is 0.165 e. The summed E-state index contributed by atoms with van der Waals surface area (Å²) in [5, 5.41) is 1.65. The lowest BCUT2D eigenvalue weighted by atomic mass is 10.3. The first-order valence-electron chi connectivity index (χ1n) is 6.91. The molecular weight excluding hydrogens is 307 g/mol. The van der Waals surface area contributed by atoms with E-state index in [4.69, 9.17) is 0 Å². The molecule has 0 saturated heterocycles. The Kier molecular flexibility index (Phi) is 5.65. The van der Waals surface area contributed by atoms with Crippen molar-refractivity contribution in [3.8, 4) is 0 Å². The lowest BCUT2D eigenvalue weighted by Crippen LogP contribution is -2.14. The molecule has 0 saturated carbocycles. The van der Waals surface area contributed by atoms with E-state index in [0.29, 0.717) is 0 Å². The molecule has 2 aromatic carbocycles. The standard InChI is InChI=1S/C19H19OPS/c1-4-16(2)19(22-3)15-21(20,17-11-7-5-8-12-17)18-13-9-6-10-14-18/h4-15H,1-2H2,3H3/b19-15+. The lowest BCUT2D eigenvalue weighted by Gasteiger charge is -2.17. The average Bonchev–Trinajstić information content (AvgIpc) is 2.60. The molecule has 3 heteroatoms. The van der Waals surface area contributed by atoms with Crippen molar-refractivity contribution in [1.29, 1.82) is 0 Å². The molecule has 0 aromatic heterocycles. The van der Waals surface area contributed by atoms with Crippen molar-refractivity contribution < 1.29 is 4.57 Å². The molecular formula is C19H19OPS. The van der Waals surface area contributed by atoms with Crippen molar-refractivity contribution in [2.45, 2.75) is 0 Å². The Morgan fingerprint density at radius 2 is 1.45 bits per heavy atom. The minimum Gasteiger partial charge on any atom is -0.309 e. The van der Waals surface area contributed by atoms with Crippen LogP contribution < -0.4 is 10.6 Å². The second-order valence-corrected chi connectivity index (χ2v) is 8.21. The third-order valence-electron chi connectivity index (χ3n) is 3.36. The van der Waals surface area contributed by atoms with E-state index in [1.165, 1.54) is 11.8 Å². The summed E-state index contributed by atoms with van der Waals surface area (Å²) in [5.41, 5.74) is 0.791. The largest absolute Gasteiger partial charge is 0.309 e. The summed E-state index contributed by atoms with van der Waals surface area (Å²) >= 11 is 1.54. The Hall–Kier alpha value is -1.76. The first-order chi connectivity index (χ1) is 10.6. The normalized spacial score (nSPS) is 12.0. The number of thioether (sulfide) groups is 1. The van der Waals surface area contributed by atoms with Crippen LogP contribution in [0.5, 0.6) is 0 Å². The van der Waals surface area contributed by atoms with Gasteiger partial charge in [0, 0.05) is 15.5 Å². The van der Waals surface area contributed by atoms with Crippen LogP contribution in [0.25, 0.3) is 0 Å². The topological polar surface area (TPSA) is 17.1 Å². The van der Waals surface area contributed by atoms with E-state index in [2.05, 4.69) is 13.2 Å². The van der Waals surface area contributed by atoms with Crippen LogP contribution in [0, 0.1) is 0 Å². The van der Waals surface area contributed by atoms with Gasteiger partial charge in [-0.2, -0.15) is 0 Å². The zero-order valence-corrected chi connectivity index (χ0v) is 14.3. The number of hydrogen-bond acceptors (Lipinski definition) is 2. The smallest absolute Gasteiger partial charge is 0.165 e. The van der Waals surface area contributed by atoms with Crippen LogP contribution in [0.4, 0.5) is 0 Å². The van der Waals surface area contributed by atoms with Gasteiger partial charge in [0.2, 0.25) is 0 Å². The fraction of sp³-hybridized carbons (Fsp3) is 0.0526. The number of rotatable bonds is 6. The molecule has 2 aromatic rings. The predicted molar refractivity (Wildman–Crippen MR) is 101 cm³/mol. The Morgan fingerprint density at radius 1 is 1.00 bits per heavy atom. The molecule has 0 heterocycles. The molecule has 0 bridgehead atoms. The van der Waals surface area contributed by atoms with Crippen molar-refractivity contribution >= 4 is 29.5 Å². The van der Waals surface area contributed by atoms with E-state index < -0.39 is 7.14 Å². The second-order valence-electron chi connectivity index (χ2n) is 4.76. The highest BCUT2D eigenvalue weighted by Crippen LogP contribution is 2.48. The summed E-state index contributed by atoms with van der Waals surface area (Å²) < 4.78 is 13.8. The Morgan fingerprint density at radius 3 is 1.82 bits per heavy atom. The van der Waals surface area contributed by atoms with Crippen LogP contribution in [0.3, 0.4) is 0 Å². The molecule has 0 spiro atoms. The summed E-state index contributed by atoms with van der Waals surface area (Å²) in [4.78, 5) is 0.894. The van der Waals surface area contributed by atoms with Gasteiger partial charge >= 0.3 is 0 Å². The molecule has 0 N–H and O–H groups in total. The fourth-order valence-corrected chi connectivity index (χ4v) is 5.66. The number of allylic oxidation sites excluding steroid dienone is 2. The Labute approximate surface area is 136 Å². The molecule has 0 aliphatic carbocycles. The molecule has 2 rings (SSSR count). The van der Waals surface area contributed by atoms with E-state index in [-0.39, 0.29) is 0 Å². The first-order valence-corrected chi connectivity index (χ1v) is 9.91. The summed E-state index contributed by atoms with van der Waals surface area (Å²) in [6, 6.07) is 19.2. The van der Waals surface area contributed by atoms with Gasteiger partial charge in [0.25, 0.3) is 0 Å². The van der Waals surface area contributed by atoms with Crippen LogP contribution in [0.15, 0.2) is 96.2 Å². The molecule has 1 nitrogen and oxygen atoms in total. The van der Waals surface area contributed by atoms with Crippen LogP contribution in [0.1, 0.15) is 0 Å². The fourth-order valence-electron chi connectivity index (χ4n) is 2.13. The molecule has 22 heavy (non-hydrogen) atoms. The van der Waals surface area contributed by atoms with Gasteiger partial charge in [0.05, 0.1) is 0 Å². The highest BCUT2D eigenvalue weighted by molar-refractivity contribution is 8.03. The van der Waals surface area contributed by atoms with Gasteiger partial charge in [-0.05, 0) is 17.6 Å². The van der Waals surface area contributed by atoms with Gasteiger partial charge in [-0.1, -0.05) is 79.9 Å². The van der Waals surface area contributed by atoms with Crippen LogP contribution >= 0.6 is 18.9 Å². The molecule has 0 amide bonds. The van der Waals surface area contributed by atoms with E-state index in [9.17, 15) is 4.57 Å². The lowest BCUT2D eigenvalue weighted by molar-refractivity contribution is 0.592. The molecule has 0 unspecified atom stereocenters. The molecule has 0 atom stereocenters. The summed E-state index contributed by atoms with van der Waals surface area (Å²) in [7, 11) is -2.86. The van der Waals surface area contributed by atoms with E-state index in [0.717, 1.165) is 21.1 Å². The SMILES string of the molecule is C=CC(=C)/C(=C\P(=O)(c1ccccc1)c1ccccc1)SC. The van der Waals surface area contributed by atoms with Gasteiger partial charge in [-0.15, -0.1) is 11.8 Å². The minimum absolute atomic E-state index is 0.791. The Balaban J connectivity index is 2.67. The molecule has 0 aliphatic heterocycles. The monoisotopic (exact) mass is 326 g/mol. The number of hydrogen-bond donors (Lipinski definition) is 0. The van der Waals surface area contributed by atoms with Crippen molar-refractivity contribution in [2.24, 2.45) is 0 Å². The Bertz CT molecular complexity index is 689.